The Kier molecular flexibility index (Phi) is 5.06. The number of aromatic amines is 1. The lowest BCUT2D eigenvalue weighted by atomic mass is 9.88. The summed E-state index contributed by atoms with van der Waals surface area (Å²) in [5.41, 5.74) is 2.88. The fraction of sp³-hybridized carbons (Fsp3) is 0.300. The molecule has 1 amide bonds. The van der Waals surface area contributed by atoms with Crippen LogP contribution in [0.1, 0.15) is 30.8 Å². The summed E-state index contributed by atoms with van der Waals surface area (Å²) in [5, 5.41) is 15.3. The summed E-state index contributed by atoms with van der Waals surface area (Å²) in [6.07, 6.45) is 5.64. The van der Waals surface area contributed by atoms with Crippen LogP contribution in [0.15, 0.2) is 55.0 Å². The monoisotopic (exact) mass is 352 g/mol. The zero-order chi connectivity index (χ0) is 18.7. The van der Waals surface area contributed by atoms with Crippen LogP contribution in [0.5, 0.6) is 0 Å². The van der Waals surface area contributed by atoms with Gasteiger partial charge >= 0.3 is 0 Å². The number of hydroxylamine groups is 2. The number of carbonyl (C=O) groups is 1. The maximum Gasteiger partial charge on any atom is 0.283 e. The van der Waals surface area contributed by atoms with Crippen molar-refractivity contribution in [3.05, 3.63) is 77.2 Å². The van der Waals surface area contributed by atoms with Gasteiger partial charge in [-0.25, -0.2) is 4.98 Å². The largest absolute Gasteiger partial charge is 0.633 e. The average Bonchev–Trinajstić information content (AvgIpc) is 3.08. The zero-order valence-corrected chi connectivity index (χ0v) is 15.1. The Labute approximate surface area is 153 Å². The van der Waals surface area contributed by atoms with Gasteiger partial charge < -0.3 is 20.6 Å². The number of allylic oxidation sites excluding steroid dienone is 1. The molecular weight excluding hydrogens is 328 g/mol. The topological polar surface area (TPSA) is 85.3 Å². The van der Waals surface area contributed by atoms with E-state index in [0.717, 1.165) is 11.3 Å². The zero-order valence-electron chi connectivity index (χ0n) is 15.1. The van der Waals surface area contributed by atoms with Gasteiger partial charge in [-0.2, -0.15) is 0 Å². The number of benzene rings is 1. The number of imidazole rings is 1. The molecular formula is C20H24N4O2. The van der Waals surface area contributed by atoms with Gasteiger partial charge in [0.05, 0.1) is 23.4 Å². The summed E-state index contributed by atoms with van der Waals surface area (Å²) in [5.74, 6) is -0.253. The molecule has 6 heteroatoms. The highest BCUT2D eigenvalue weighted by Crippen LogP contribution is 2.26. The number of hydrogen-bond acceptors (Lipinski definition) is 3. The Balaban J connectivity index is 1.78. The summed E-state index contributed by atoms with van der Waals surface area (Å²) >= 11 is 0. The summed E-state index contributed by atoms with van der Waals surface area (Å²) in [4.78, 5) is 19.9. The molecule has 1 aliphatic heterocycles. The van der Waals surface area contributed by atoms with Crippen molar-refractivity contribution in [1.82, 2.24) is 15.3 Å². The van der Waals surface area contributed by atoms with E-state index in [1.54, 1.807) is 12.4 Å². The molecule has 2 aromatic rings. The summed E-state index contributed by atoms with van der Waals surface area (Å²) < 4.78 is 0. The summed E-state index contributed by atoms with van der Waals surface area (Å²) in [6, 6.07) is 8.95. The molecule has 2 heterocycles. The van der Waals surface area contributed by atoms with Crippen LogP contribution in [0.25, 0.3) is 6.08 Å². The normalized spacial score (nSPS) is 22.3. The highest BCUT2D eigenvalue weighted by molar-refractivity contribution is 5.84. The minimum atomic E-state index is -0.641. The molecule has 0 spiro atoms. The van der Waals surface area contributed by atoms with Crippen LogP contribution in [0.3, 0.4) is 0 Å². The molecule has 1 aromatic carbocycles. The molecule has 2 atom stereocenters. The fourth-order valence-electron chi connectivity index (χ4n) is 3.09. The maximum absolute atomic E-state index is 12.5. The Morgan fingerprint density at radius 2 is 2.12 bits per heavy atom. The summed E-state index contributed by atoms with van der Waals surface area (Å²) in [6.45, 7) is 8.10. The molecule has 0 bridgehead atoms. The Bertz CT molecular complexity index is 823. The molecule has 0 saturated carbocycles. The van der Waals surface area contributed by atoms with E-state index in [1.807, 2.05) is 50.3 Å². The van der Waals surface area contributed by atoms with E-state index in [0.29, 0.717) is 17.8 Å². The van der Waals surface area contributed by atoms with Crippen LogP contribution < -0.4 is 10.4 Å². The fourth-order valence-corrected chi connectivity index (χ4v) is 3.09. The van der Waals surface area contributed by atoms with Crippen LogP contribution in [0, 0.1) is 5.21 Å². The molecule has 0 radical (unpaired) electrons. The Hall–Kier alpha value is -2.70. The Morgan fingerprint density at radius 3 is 2.77 bits per heavy atom. The first-order valence-corrected chi connectivity index (χ1v) is 8.66. The molecule has 1 saturated heterocycles. The van der Waals surface area contributed by atoms with Crippen LogP contribution in [0.2, 0.25) is 0 Å². The molecule has 1 fully saturated rings. The number of amides is 1. The lowest BCUT2D eigenvalue weighted by Gasteiger charge is -2.35. The predicted molar refractivity (Wildman–Crippen MR) is 101 cm³/mol. The first-order chi connectivity index (χ1) is 12.4. The van der Waals surface area contributed by atoms with Crippen LogP contribution in [0.4, 0.5) is 0 Å². The predicted octanol–water partition coefficient (Wildman–Crippen LogP) is 1.34. The molecule has 1 aromatic heterocycles. The van der Waals surface area contributed by atoms with Crippen molar-refractivity contribution in [2.45, 2.75) is 31.7 Å². The van der Waals surface area contributed by atoms with Crippen LogP contribution in [-0.4, -0.2) is 28.5 Å². The second-order valence-corrected chi connectivity index (χ2v) is 7.13. The maximum atomic E-state index is 12.5. The molecule has 0 aliphatic carbocycles. The van der Waals surface area contributed by atoms with E-state index in [1.165, 1.54) is 0 Å². The van der Waals surface area contributed by atoms with Crippen molar-refractivity contribution in [3.63, 3.8) is 0 Å². The number of hydrogen-bond donors (Lipinski definition) is 3. The van der Waals surface area contributed by atoms with Crippen molar-refractivity contribution >= 4 is 12.0 Å². The molecule has 26 heavy (non-hydrogen) atoms. The van der Waals surface area contributed by atoms with E-state index in [4.69, 9.17) is 0 Å². The third-order valence-electron chi connectivity index (χ3n) is 4.77. The van der Waals surface area contributed by atoms with Gasteiger partial charge in [0.25, 0.3) is 5.91 Å². The molecule has 3 N–H and O–H groups in total. The van der Waals surface area contributed by atoms with Gasteiger partial charge in [0, 0.05) is 11.8 Å². The van der Waals surface area contributed by atoms with Crippen LogP contribution in [-0.2, 0) is 16.6 Å². The smallest absolute Gasteiger partial charge is 0.283 e. The van der Waals surface area contributed by atoms with Gasteiger partial charge in [0.2, 0.25) is 0 Å². The van der Waals surface area contributed by atoms with Crippen molar-refractivity contribution in [3.8, 4) is 0 Å². The number of nitrogens with zero attached hydrogens (tertiary/aromatic N) is 1. The SMILES string of the molecule is C=CC(C)(C)c1[nH]cnc1/C=C1/C[NH+]([O-])C(Cc2ccccc2)C(=O)N1. The molecule has 6 nitrogen and oxygen atoms in total. The van der Waals surface area contributed by atoms with Crippen molar-refractivity contribution in [1.29, 1.82) is 0 Å². The molecule has 136 valence electrons. The van der Waals surface area contributed by atoms with E-state index in [2.05, 4.69) is 21.9 Å². The minimum Gasteiger partial charge on any atom is -0.633 e. The van der Waals surface area contributed by atoms with E-state index in [9.17, 15) is 10.0 Å². The first-order valence-electron chi connectivity index (χ1n) is 8.66. The number of piperazine rings is 1. The van der Waals surface area contributed by atoms with E-state index >= 15 is 0 Å². The molecule has 3 rings (SSSR count). The van der Waals surface area contributed by atoms with E-state index in [-0.39, 0.29) is 22.9 Å². The van der Waals surface area contributed by atoms with Gasteiger partial charge in [0.15, 0.2) is 6.04 Å². The third kappa shape index (κ3) is 3.76. The van der Waals surface area contributed by atoms with Gasteiger partial charge in [-0.3, -0.25) is 4.79 Å². The minimum absolute atomic E-state index is 0.0658. The standard InChI is InChI=1S/C20H24N4O2/c1-4-20(2,3)18-16(21-13-22-18)11-15-12-24(26)17(19(25)23-15)10-14-8-6-5-7-9-14/h4-9,11,13,17,24H,1,10,12H2,2-3H3,(H,21,22)(H,23,25)/b15-11-. The number of quaternary nitrogens is 1. The number of carbonyl (C=O) groups excluding carboxylic acids is 1. The van der Waals surface area contributed by atoms with Gasteiger partial charge in [-0.05, 0) is 11.6 Å². The number of nitrogens with one attached hydrogen (secondary N) is 3. The van der Waals surface area contributed by atoms with Gasteiger partial charge in [0.1, 0.15) is 6.54 Å². The van der Waals surface area contributed by atoms with Crippen molar-refractivity contribution < 1.29 is 9.86 Å². The Morgan fingerprint density at radius 1 is 1.38 bits per heavy atom. The van der Waals surface area contributed by atoms with Crippen molar-refractivity contribution in [2.24, 2.45) is 0 Å². The van der Waals surface area contributed by atoms with Crippen molar-refractivity contribution in [2.75, 3.05) is 6.54 Å². The highest BCUT2D eigenvalue weighted by atomic mass is 16.5. The summed E-state index contributed by atoms with van der Waals surface area (Å²) in [7, 11) is 0. The highest BCUT2D eigenvalue weighted by Gasteiger charge is 2.32. The molecule has 2 unspecified atom stereocenters. The lowest BCUT2D eigenvalue weighted by molar-refractivity contribution is -0.862. The van der Waals surface area contributed by atoms with Crippen LogP contribution >= 0.6 is 0 Å². The van der Waals surface area contributed by atoms with Gasteiger partial charge in [-0.1, -0.05) is 50.3 Å². The average molecular weight is 352 g/mol. The first kappa shape index (κ1) is 18.1. The number of aromatic nitrogens is 2. The second-order valence-electron chi connectivity index (χ2n) is 7.13. The second kappa shape index (κ2) is 7.27. The quantitative estimate of drug-likeness (QED) is 0.561. The number of H-pyrrole nitrogens is 1. The number of rotatable bonds is 5. The van der Waals surface area contributed by atoms with E-state index < -0.39 is 6.04 Å². The third-order valence-corrected chi connectivity index (χ3v) is 4.77. The molecule has 1 aliphatic rings. The lowest BCUT2D eigenvalue weighted by Crippen LogP contribution is -3.15. The van der Waals surface area contributed by atoms with Gasteiger partial charge in [-0.15, -0.1) is 6.58 Å².